The van der Waals surface area contributed by atoms with Crippen molar-refractivity contribution in [2.24, 2.45) is 11.8 Å². The van der Waals surface area contributed by atoms with Crippen LogP contribution in [0.15, 0.2) is 24.3 Å². The standard InChI is InChI=1S/C18H29NO/c1-14(2)16-6-8-17(9-7-16)19-13-12-15-4-10-18(20-3)11-5-15/h4-5,10-11,14,16-17,19H,6-9,12-13H2,1-3H3. The van der Waals surface area contributed by atoms with E-state index in [0.717, 1.165) is 36.6 Å². The Morgan fingerprint density at radius 1 is 1.10 bits per heavy atom. The van der Waals surface area contributed by atoms with Gasteiger partial charge in [0, 0.05) is 6.04 Å². The third-order valence-corrected chi connectivity index (χ3v) is 4.72. The van der Waals surface area contributed by atoms with Crippen LogP contribution < -0.4 is 10.1 Å². The van der Waals surface area contributed by atoms with Gasteiger partial charge in [-0.15, -0.1) is 0 Å². The van der Waals surface area contributed by atoms with Crippen LogP contribution in [0.1, 0.15) is 45.1 Å². The monoisotopic (exact) mass is 275 g/mol. The summed E-state index contributed by atoms with van der Waals surface area (Å²) in [6.07, 6.45) is 6.61. The molecule has 1 N–H and O–H groups in total. The van der Waals surface area contributed by atoms with E-state index < -0.39 is 0 Å². The maximum atomic E-state index is 5.18. The molecule has 112 valence electrons. The fraction of sp³-hybridized carbons (Fsp3) is 0.667. The molecule has 20 heavy (non-hydrogen) atoms. The Bertz CT molecular complexity index is 377. The number of methoxy groups -OCH3 is 1. The Hall–Kier alpha value is -1.02. The second-order valence-electron chi connectivity index (χ2n) is 6.41. The summed E-state index contributed by atoms with van der Waals surface area (Å²) < 4.78 is 5.18. The molecule has 1 aliphatic rings. The molecule has 1 aromatic rings. The highest BCUT2D eigenvalue weighted by atomic mass is 16.5. The fourth-order valence-corrected chi connectivity index (χ4v) is 3.20. The zero-order valence-electron chi connectivity index (χ0n) is 13.2. The molecule has 1 aromatic carbocycles. The maximum Gasteiger partial charge on any atom is 0.118 e. The number of nitrogens with one attached hydrogen (secondary N) is 1. The lowest BCUT2D eigenvalue weighted by Gasteiger charge is -2.31. The molecular formula is C18H29NO. The second-order valence-corrected chi connectivity index (χ2v) is 6.41. The summed E-state index contributed by atoms with van der Waals surface area (Å²) in [5.74, 6) is 2.75. The first-order valence-electron chi connectivity index (χ1n) is 8.05. The largest absolute Gasteiger partial charge is 0.497 e. The first-order valence-corrected chi connectivity index (χ1v) is 8.05. The van der Waals surface area contributed by atoms with Crippen molar-refractivity contribution in [3.05, 3.63) is 29.8 Å². The van der Waals surface area contributed by atoms with Crippen LogP contribution in [0.4, 0.5) is 0 Å². The minimum atomic E-state index is 0.739. The normalized spacial score (nSPS) is 23.0. The predicted octanol–water partition coefficient (Wildman–Crippen LogP) is 4.04. The highest BCUT2D eigenvalue weighted by Gasteiger charge is 2.22. The minimum absolute atomic E-state index is 0.739. The van der Waals surface area contributed by atoms with Gasteiger partial charge in [-0.3, -0.25) is 0 Å². The van der Waals surface area contributed by atoms with Gasteiger partial charge in [-0.25, -0.2) is 0 Å². The third-order valence-electron chi connectivity index (χ3n) is 4.72. The summed E-state index contributed by atoms with van der Waals surface area (Å²) in [6, 6.07) is 9.15. The van der Waals surface area contributed by atoms with E-state index in [1.54, 1.807) is 7.11 Å². The number of hydrogen-bond acceptors (Lipinski definition) is 2. The summed E-state index contributed by atoms with van der Waals surface area (Å²) in [5.41, 5.74) is 1.38. The SMILES string of the molecule is COc1ccc(CCNC2CCC(C(C)C)CC2)cc1. The molecule has 2 rings (SSSR count). The zero-order chi connectivity index (χ0) is 14.4. The number of hydrogen-bond donors (Lipinski definition) is 1. The molecule has 0 bridgehead atoms. The average Bonchev–Trinajstić information content (AvgIpc) is 2.48. The molecule has 0 amide bonds. The van der Waals surface area contributed by atoms with E-state index in [4.69, 9.17) is 4.74 Å². The molecule has 0 spiro atoms. The summed E-state index contributed by atoms with van der Waals surface area (Å²) in [4.78, 5) is 0. The quantitative estimate of drug-likeness (QED) is 0.846. The van der Waals surface area contributed by atoms with Crippen LogP contribution in [-0.4, -0.2) is 19.7 Å². The van der Waals surface area contributed by atoms with E-state index in [2.05, 4.69) is 31.3 Å². The van der Waals surface area contributed by atoms with Crippen LogP contribution in [0.3, 0.4) is 0 Å². The summed E-state index contributed by atoms with van der Waals surface area (Å²) in [7, 11) is 1.71. The van der Waals surface area contributed by atoms with Gasteiger partial charge in [0.1, 0.15) is 5.75 Å². The summed E-state index contributed by atoms with van der Waals surface area (Å²) in [5, 5.41) is 3.73. The van der Waals surface area contributed by atoms with Gasteiger partial charge >= 0.3 is 0 Å². The van der Waals surface area contributed by atoms with Gasteiger partial charge in [0.05, 0.1) is 7.11 Å². The van der Waals surface area contributed by atoms with Crippen molar-refractivity contribution in [1.82, 2.24) is 5.32 Å². The summed E-state index contributed by atoms with van der Waals surface area (Å²) >= 11 is 0. The molecule has 0 saturated heterocycles. The molecule has 0 radical (unpaired) electrons. The van der Waals surface area contributed by atoms with Gasteiger partial charge in [0.2, 0.25) is 0 Å². The van der Waals surface area contributed by atoms with Crippen LogP contribution >= 0.6 is 0 Å². The molecule has 2 heteroatoms. The van der Waals surface area contributed by atoms with Crippen LogP contribution in [0.25, 0.3) is 0 Å². The Morgan fingerprint density at radius 2 is 1.75 bits per heavy atom. The zero-order valence-corrected chi connectivity index (χ0v) is 13.2. The molecule has 1 fully saturated rings. The van der Waals surface area contributed by atoms with E-state index in [-0.39, 0.29) is 0 Å². The van der Waals surface area contributed by atoms with Gasteiger partial charge in [-0.05, 0) is 68.2 Å². The van der Waals surface area contributed by atoms with Gasteiger partial charge in [-0.1, -0.05) is 26.0 Å². The molecule has 0 unspecified atom stereocenters. The third kappa shape index (κ3) is 4.52. The lowest BCUT2D eigenvalue weighted by Crippen LogP contribution is -2.35. The van der Waals surface area contributed by atoms with Crippen molar-refractivity contribution in [2.45, 2.75) is 52.0 Å². The number of ether oxygens (including phenoxy) is 1. The lowest BCUT2D eigenvalue weighted by molar-refractivity contribution is 0.239. The highest BCUT2D eigenvalue weighted by Crippen LogP contribution is 2.29. The van der Waals surface area contributed by atoms with Crippen molar-refractivity contribution in [1.29, 1.82) is 0 Å². The Balaban J connectivity index is 1.66. The Kier molecular flexibility index (Phi) is 5.90. The van der Waals surface area contributed by atoms with Crippen molar-refractivity contribution < 1.29 is 4.74 Å². The van der Waals surface area contributed by atoms with E-state index in [0.29, 0.717) is 0 Å². The van der Waals surface area contributed by atoms with Crippen molar-refractivity contribution in [3.63, 3.8) is 0 Å². The van der Waals surface area contributed by atoms with Gasteiger partial charge in [-0.2, -0.15) is 0 Å². The van der Waals surface area contributed by atoms with Crippen LogP contribution in [0.5, 0.6) is 5.75 Å². The van der Waals surface area contributed by atoms with E-state index >= 15 is 0 Å². The molecule has 0 aliphatic heterocycles. The first kappa shape index (κ1) is 15.4. The minimum Gasteiger partial charge on any atom is -0.497 e. The van der Waals surface area contributed by atoms with Crippen LogP contribution in [0, 0.1) is 11.8 Å². The van der Waals surface area contributed by atoms with E-state index in [1.807, 2.05) is 12.1 Å². The molecule has 1 saturated carbocycles. The smallest absolute Gasteiger partial charge is 0.118 e. The topological polar surface area (TPSA) is 21.3 Å². The number of rotatable bonds is 6. The van der Waals surface area contributed by atoms with Crippen LogP contribution in [-0.2, 0) is 6.42 Å². The fourth-order valence-electron chi connectivity index (χ4n) is 3.20. The lowest BCUT2D eigenvalue weighted by atomic mass is 9.80. The predicted molar refractivity (Wildman–Crippen MR) is 85.3 cm³/mol. The van der Waals surface area contributed by atoms with Crippen molar-refractivity contribution in [2.75, 3.05) is 13.7 Å². The van der Waals surface area contributed by atoms with Crippen molar-refractivity contribution >= 4 is 0 Å². The number of benzene rings is 1. The summed E-state index contributed by atoms with van der Waals surface area (Å²) in [6.45, 7) is 5.81. The van der Waals surface area contributed by atoms with E-state index in [9.17, 15) is 0 Å². The molecule has 0 atom stereocenters. The Morgan fingerprint density at radius 3 is 2.30 bits per heavy atom. The molecular weight excluding hydrogens is 246 g/mol. The molecule has 2 nitrogen and oxygen atoms in total. The van der Waals surface area contributed by atoms with Gasteiger partial charge in [0.25, 0.3) is 0 Å². The van der Waals surface area contributed by atoms with Crippen LogP contribution in [0.2, 0.25) is 0 Å². The van der Waals surface area contributed by atoms with E-state index in [1.165, 1.54) is 31.2 Å². The van der Waals surface area contributed by atoms with Gasteiger partial charge < -0.3 is 10.1 Å². The van der Waals surface area contributed by atoms with Gasteiger partial charge in [0.15, 0.2) is 0 Å². The highest BCUT2D eigenvalue weighted by molar-refractivity contribution is 5.27. The molecule has 1 aliphatic carbocycles. The first-order chi connectivity index (χ1) is 9.69. The Labute approximate surface area is 123 Å². The molecule has 0 heterocycles. The second kappa shape index (κ2) is 7.68. The van der Waals surface area contributed by atoms with Crippen molar-refractivity contribution in [3.8, 4) is 5.75 Å². The maximum absolute atomic E-state index is 5.18. The molecule has 0 aromatic heterocycles. The average molecular weight is 275 g/mol.